The van der Waals surface area contributed by atoms with E-state index in [0.717, 1.165) is 12.8 Å². The van der Waals surface area contributed by atoms with Crippen LogP contribution in [0.15, 0.2) is 46.5 Å². The summed E-state index contributed by atoms with van der Waals surface area (Å²) in [5.74, 6) is 0.515. The number of nitrogens with zero attached hydrogens (tertiary/aromatic N) is 4. The quantitative estimate of drug-likeness (QED) is 0.226. The molecule has 1 saturated carbocycles. The number of fused-ring (bicyclic) bond motifs is 1. The van der Waals surface area contributed by atoms with Gasteiger partial charge in [0.15, 0.2) is 35.1 Å². The molecule has 1 aliphatic rings. The number of carbonyl (C=O) groups excluding carboxylic acids is 1. The molecule has 11 nitrogen and oxygen atoms in total. The van der Waals surface area contributed by atoms with Crippen molar-refractivity contribution in [3.63, 3.8) is 0 Å². The largest absolute Gasteiger partial charge is 0.489 e. The normalized spacial score (nSPS) is 13.4. The number of imidazole rings is 1. The SMILES string of the molecule is CCn1c(=O)c2c(ncn2C)n(C)c1=O.O=COC(Cc1c(Cl)c[nH+]cc1Cl)c1ccc(OC(F)F)c(OCC2CC2)c1. The van der Waals surface area contributed by atoms with Crippen molar-refractivity contribution in [2.75, 3.05) is 6.61 Å². The van der Waals surface area contributed by atoms with Gasteiger partial charge in [-0.1, -0.05) is 29.3 Å². The Morgan fingerprint density at radius 2 is 1.84 bits per heavy atom. The highest BCUT2D eigenvalue weighted by Gasteiger charge is 2.25. The Bertz CT molecular complexity index is 1700. The van der Waals surface area contributed by atoms with Gasteiger partial charge < -0.3 is 18.8 Å². The molecular formula is C28H30Cl2F2N5O6+. The second-order valence-electron chi connectivity index (χ2n) is 9.81. The summed E-state index contributed by atoms with van der Waals surface area (Å²) >= 11 is 12.4. The van der Waals surface area contributed by atoms with Crippen LogP contribution in [0.3, 0.4) is 0 Å². The van der Waals surface area contributed by atoms with E-state index in [2.05, 4.69) is 14.7 Å². The van der Waals surface area contributed by atoms with Gasteiger partial charge >= 0.3 is 12.3 Å². The third kappa shape index (κ3) is 7.52. The predicted molar refractivity (Wildman–Crippen MR) is 154 cm³/mol. The number of H-pyrrole nitrogens is 1. The van der Waals surface area contributed by atoms with Crippen LogP contribution in [0.2, 0.25) is 10.0 Å². The molecule has 3 aromatic heterocycles. The molecule has 1 aliphatic carbocycles. The van der Waals surface area contributed by atoms with Crippen LogP contribution >= 0.6 is 23.2 Å². The average Bonchev–Trinajstić information content (AvgIpc) is 3.72. The van der Waals surface area contributed by atoms with Crippen molar-refractivity contribution in [1.29, 1.82) is 0 Å². The number of nitrogens with one attached hydrogen (secondary N) is 1. The number of halogens is 4. The van der Waals surface area contributed by atoms with E-state index in [1.54, 1.807) is 38.0 Å². The van der Waals surface area contributed by atoms with Crippen molar-refractivity contribution in [2.24, 2.45) is 20.0 Å². The van der Waals surface area contributed by atoms with Gasteiger partial charge in [-0.25, -0.2) is 14.8 Å². The summed E-state index contributed by atoms with van der Waals surface area (Å²) in [6.07, 6.45) is 6.20. The van der Waals surface area contributed by atoms with Crippen LogP contribution < -0.4 is 25.7 Å². The van der Waals surface area contributed by atoms with Gasteiger partial charge in [0.05, 0.1) is 12.9 Å². The minimum atomic E-state index is -2.98. The van der Waals surface area contributed by atoms with Gasteiger partial charge in [-0.05, 0) is 43.4 Å². The van der Waals surface area contributed by atoms with Crippen molar-refractivity contribution in [3.8, 4) is 11.5 Å². The van der Waals surface area contributed by atoms with Crippen molar-refractivity contribution < 1.29 is 32.8 Å². The van der Waals surface area contributed by atoms with Gasteiger partial charge in [-0.15, -0.1) is 0 Å². The first-order chi connectivity index (χ1) is 20.5. The molecular weight excluding hydrogens is 611 g/mol. The summed E-state index contributed by atoms with van der Waals surface area (Å²) in [5.41, 5.74) is 1.40. The molecule has 0 saturated heterocycles. The highest BCUT2D eigenvalue weighted by molar-refractivity contribution is 6.35. The number of aryl methyl sites for hydroxylation is 2. The summed E-state index contributed by atoms with van der Waals surface area (Å²) in [6.45, 7) is -0.114. The van der Waals surface area contributed by atoms with Crippen LogP contribution in [-0.2, 0) is 36.6 Å². The van der Waals surface area contributed by atoms with Gasteiger partial charge in [0.25, 0.3) is 12.0 Å². The first-order valence-electron chi connectivity index (χ1n) is 13.3. The maximum Gasteiger partial charge on any atom is 0.387 e. The third-order valence-corrected chi connectivity index (χ3v) is 7.52. The summed E-state index contributed by atoms with van der Waals surface area (Å²) in [4.78, 5) is 41.5. The number of hydrogen-bond acceptors (Lipinski definition) is 7. The molecule has 1 aromatic carbocycles. The Hall–Kier alpha value is -3.97. The summed E-state index contributed by atoms with van der Waals surface area (Å²) in [5, 5.41) is 0.768. The molecule has 1 fully saturated rings. The van der Waals surface area contributed by atoms with Crippen LogP contribution in [0.25, 0.3) is 11.2 Å². The van der Waals surface area contributed by atoms with Crippen LogP contribution in [0.5, 0.6) is 11.5 Å². The number of alkyl halides is 2. The van der Waals surface area contributed by atoms with Gasteiger partial charge in [-0.2, -0.15) is 8.78 Å². The highest BCUT2D eigenvalue weighted by atomic mass is 35.5. The van der Waals surface area contributed by atoms with Crippen molar-refractivity contribution in [2.45, 2.75) is 45.4 Å². The van der Waals surface area contributed by atoms with Gasteiger partial charge in [0, 0.05) is 32.6 Å². The molecule has 0 amide bonds. The van der Waals surface area contributed by atoms with E-state index in [9.17, 15) is 23.2 Å². The highest BCUT2D eigenvalue weighted by Crippen LogP contribution is 2.37. The van der Waals surface area contributed by atoms with E-state index in [4.69, 9.17) is 32.7 Å². The molecule has 0 spiro atoms. The second-order valence-corrected chi connectivity index (χ2v) is 10.6. The van der Waals surface area contributed by atoms with Crippen LogP contribution in [-0.4, -0.2) is 38.4 Å². The third-order valence-electron chi connectivity index (χ3n) is 6.85. The fourth-order valence-corrected chi connectivity index (χ4v) is 4.90. The lowest BCUT2D eigenvalue weighted by Crippen LogP contribution is -2.39. The number of pyridine rings is 1. The molecule has 0 bridgehead atoms. The number of rotatable bonds is 11. The zero-order valence-corrected chi connectivity index (χ0v) is 25.1. The Labute approximate surface area is 254 Å². The molecule has 1 unspecified atom stereocenters. The summed E-state index contributed by atoms with van der Waals surface area (Å²) in [7, 11) is 3.35. The van der Waals surface area contributed by atoms with E-state index in [1.165, 1.54) is 33.7 Å². The predicted octanol–water partition coefficient (Wildman–Crippen LogP) is 4.11. The first kappa shape index (κ1) is 32.0. The molecule has 43 heavy (non-hydrogen) atoms. The maximum atomic E-state index is 12.7. The van der Waals surface area contributed by atoms with Gasteiger partial charge in [0.2, 0.25) is 0 Å². The van der Waals surface area contributed by atoms with Gasteiger partial charge in [-0.3, -0.25) is 18.7 Å². The van der Waals surface area contributed by atoms with Gasteiger partial charge in [0.1, 0.15) is 16.1 Å². The molecule has 1 N–H and O–H groups in total. The summed E-state index contributed by atoms with van der Waals surface area (Å²) < 4.78 is 45.0. The fourth-order valence-electron chi connectivity index (χ4n) is 4.37. The molecule has 0 aliphatic heterocycles. The molecule has 4 aromatic rings. The Morgan fingerprint density at radius 3 is 2.44 bits per heavy atom. The minimum absolute atomic E-state index is 0.0744. The van der Waals surface area contributed by atoms with Crippen molar-refractivity contribution in [3.05, 3.63) is 78.9 Å². The minimum Gasteiger partial charge on any atom is -0.489 e. The molecule has 1 atom stereocenters. The zero-order valence-electron chi connectivity index (χ0n) is 23.6. The number of aromatic nitrogens is 5. The van der Waals surface area contributed by atoms with Crippen LogP contribution in [0.4, 0.5) is 8.78 Å². The Balaban J connectivity index is 0.000000237. The lowest BCUT2D eigenvalue weighted by molar-refractivity contribution is -0.377. The lowest BCUT2D eigenvalue weighted by atomic mass is 10.0. The molecule has 3 heterocycles. The zero-order chi connectivity index (χ0) is 31.3. The Kier molecular flexibility index (Phi) is 10.4. The fraction of sp³-hybridized carbons (Fsp3) is 0.393. The smallest absolute Gasteiger partial charge is 0.387 e. The second kappa shape index (κ2) is 14.0. The van der Waals surface area contributed by atoms with E-state index >= 15 is 0 Å². The summed E-state index contributed by atoms with van der Waals surface area (Å²) in [6, 6.07) is 4.44. The number of ether oxygens (including phenoxy) is 3. The lowest BCUT2D eigenvalue weighted by Gasteiger charge is -2.19. The standard InChI is InChI=1S/C19H17Cl2F2NO4.C9H12N4O2/c20-14-7-24-8-15(21)13(14)6-17(27-10-25)12-3-4-16(28-19(22)23)18(5-12)26-9-11-1-2-11;1-4-13-8(14)6-7(10-5-11(6)2)12(3)9(13)15/h3-5,7-8,10-11,17,19H,1-2,6,9H2;5H,4H2,1-3H3/p+1. The van der Waals surface area contributed by atoms with E-state index in [0.29, 0.717) is 57.9 Å². The van der Waals surface area contributed by atoms with E-state index in [1.807, 2.05) is 0 Å². The van der Waals surface area contributed by atoms with E-state index in [-0.39, 0.29) is 29.2 Å². The molecule has 0 radical (unpaired) electrons. The average molecular weight is 641 g/mol. The van der Waals surface area contributed by atoms with E-state index < -0.39 is 12.7 Å². The van der Waals surface area contributed by atoms with Crippen LogP contribution in [0.1, 0.15) is 37.0 Å². The molecule has 15 heteroatoms. The molecule has 5 rings (SSSR count). The number of aromatic amines is 1. The monoisotopic (exact) mass is 640 g/mol. The first-order valence-corrected chi connectivity index (χ1v) is 14.1. The van der Waals surface area contributed by atoms with Crippen molar-refractivity contribution >= 4 is 40.8 Å². The maximum absolute atomic E-state index is 12.7. The topological polar surface area (TPSA) is 121 Å². The molecule has 230 valence electrons. The van der Waals surface area contributed by atoms with Crippen LogP contribution in [0, 0.1) is 5.92 Å². The van der Waals surface area contributed by atoms with Crippen molar-refractivity contribution in [1.82, 2.24) is 18.7 Å². The Morgan fingerprint density at radius 1 is 1.14 bits per heavy atom. The number of hydrogen-bond donors (Lipinski definition) is 0. The number of carbonyl (C=O) groups is 1. The number of benzene rings is 1.